The molecule has 7 heteroatoms. The number of hydrogen-bond acceptors (Lipinski definition) is 4. The lowest BCUT2D eigenvalue weighted by molar-refractivity contribution is -0.126. The molecule has 108 valence electrons. The summed E-state index contributed by atoms with van der Waals surface area (Å²) in [4.78, 5) is 13.1. The van der Waals surface area contributed by atoms with Crippen LogP contribution in [0.5, 0.6) is 0 Å². The number of nitrogens with one attached hydrogen (secondary N) is 1. The molecule has 0 fully saturated rings. The Balaban J connectivity index is 4.11. The molecule has 0 aliphatic carbocycles. The Morgan fingerprint density at radius 3 is 2.67 bits per heavy atom. The minimum Gasteiger partial charge on any atom is -0.385 e. The Bertz CT molecular complexity index is 230. The summed E-state index contributed by atoms with van der Waals surface area (Å²) in [6.45, 7) is 2.71. The first kappa shape index (κ1) is 17.2. The largest absolute Gasteiger partial charge is 0.385 e. The van der Waals surface area contributed by atoms with E-state index in [-0.39, 0.29) is 19.0 Å². The molecular weight excluding hydrogens is 244 g/mol. The van der Waals surface area contributed by atoms with Crippen molar-refractivity contribution in [3.8, 4) is 0 Å². The van der Waals surface area contributed by atoms with Gasteiger partial charge in [-0.15, -0.1) is 0 Å². The number of ether oxygens (including phenoxy) is 1. The second kappa shape index (κ2) is 10.2. The third kappa shape index (κ3) is 7.52. The molecular formula is C11H23F2N3O2. The van der Waals surface area contributed by atoms with Gasteiger partial charge >= 0.3 is 0 Å². The quantitative estimate of drug-likeness (QED) is 0.549. The van der Waals surface area contributed by atoms with Crippen molar-refractivity contribution in [2.24, 2.45) is 5.73 Å². The van der Waals surface area contributed by atoms with Crippen LogP contribution in [0, 0.1) is 0 Å². The molecule has 0 aromatic carbocycles. The lowest BCUT2D eigenvalue weighted by atomic mass is 10.2. The molecule has 1 amide bonds. The first-order valence-corrected chi connectivity index (χ1v) is 6.01. The van der Waals surface area contributed by atoms with Crippen molar-refractivity contribution < 1.29 is 18.3 Å². The van der Waals surface area contributed by atoms with E-state index >= 15 is 0 Å². The maximum Gasteiger partial charge on any atom is 0.251 e. The molecule has 0 aromatic heterocycles. The van der Waals surface area contributed by atoms with Gasteiger partial charge in [-0.05, 0) is 13.3 Å². The summed E-state index contributed by atoms with van der Waals surface area (Å²) in [6, 6.07) is -0.606. The van der Waals surface area contributed by atoms with E-state index in [1.807, 2.05) is 0 Å². The number of hydrogen-bond donors (Lipinski definition) is 2. The average Bonchev–Trinajstić information content (AvgIpc) is 2.32. The van der Waals surface area contributed by atoms with Gasteiger partial charge in [-0.25, -0.2) is 8.78 Å². The molecule has 0 spiro atoms. The predicted molar refractivity (Wildman–Crippen MR) is 65.6 cm³/mol. The fourth-order valence-corrected chi connectivity index (χ4v) is 1.53. The minimum absolute atomic E-state index is 0.244. The lowest BCUT2D eigenvalue weighted by Gasteiger charge is -2.27. The van der Waals surface area contributed by atoms with Gasteiger partial charge in [0.15, 0.2) is 0 Å². The standard InChI is InChI=1S/C11H23F2N3O2/c1-9(11(17)15-5-3-7-18-2)16(6-4-14)8-10(12)13/h9-10H,3-8,14H2,1-2H3,(H,15,17). The van der Waals surface area contributed by atoms with Gasteiger partial charge in [0.05, 0.1) is 12.6 Å². The Morgan fingerprint density at radius 2 is 2.17 bits per heavy atom. The summed E-state index contributed by atoms with van der Waals surface area (Å²) in [5.41, 5.74) is 5.35. The van der Waals surface area contributed by atoms with Crippen molar-refractivity contribution in [2.75, 3.05) is 39.9 Å². The van der Waals surface area contributed by atoms with E-state index in [1.54, 1.807) is 14.0 Å². The molecule has 0 heterocycles. The molecule has 0 bridgehead atoms. The molecule has 0 aliphatic rings. The number of halogens is 2. The van der Waals surface area contributed by atoms with Crippen LogP contribution in [0.1, 0.15) is 13.3 Å². The molecule has 0 saturated heterocycles. The number of nitrogens with two attached hydrogens (primary N) is 1. The van der Waals surface area contributed by atoms with E-state index < -0.39 is 19.0 Å². The summed E-state index contributed by atoms with van der Waals surface area (Å²) >= 11 is 0. The summed E-state index contributed by atoms with van der Waals surface area (Å²) in [5, 5.41) is 2.68. The van der Waals surface area contributed by atoms with Gasteiger partial charge in [0.1, 0.15) is 0 Å². The molecule has 1 atom stereocenters. The SMILES string of the molecule is COCCCNC(=O)C(C)N(CCN)CC(F)F. The fourth-order valence-electron chi connectivity index (χ4n) is 1.53. The summed E-state index contributed by atoms with van der Waals surface area (Å²) in [6.07, 6.45) is -1.78. The zero-order valence-corrected chi connectivity index (χ0v) is 11.0. The van der Waals surface area contributed by atoms with Gasteiger partial charge in [0.2, 0.25) is 5.91 Å². The molecule has 0 rings (SSSR count). The molecule has 18 heavy (non-hydrogen) atoms. The third-order valence-corrected chi connectivity index (χ3v) is 2.54. The average molecular weight is 267 g/mol. The predicted octanol–water partition coefficient (Wildman–Crippen LogP) is 0.0534. The van der Waals surface area contributed by atoms with Gasteiger partial charge in [0, 0.05) is 33.4 Å². The highest BCUT2D eigenvalue weighted by Crippen LogP contribution is 2.04. The summed E-state index contributed by atoms with van der Waals surface area (Å²) in [5.74, 6) is -0.264. The molecule has 1 unspecified atom stereocenters. The van der Waals surface area contributed by atoms with Gasteiger partial charge in [-0.3, -0.25) is 9.69 Å². The van der Waals surface area contributed by atoms with E-state index in [1.165, 1.54) is 4.90 Å². The van der Waals surface area contributed by atoms with E-state index in [0.29, 0.717) is 19.6 Å². The van der Waals surface area contributed by atoms with Crippen LogP contribution in [0.2, 0.25) is 0 Å². The normalized spacial score (nSPS) is 13.1. The van der Waals surface area contributed by atoms with Crippen molar-refractivity contribution >= 4 is 5.91 Å². The molecule has 0 saturated carbocycles. The number of carbonyl (C=O) groups is 1. The molecule has 5 nitrogen and oxygen atoms in total. The fraction of sp³-hybridized carbons (Fsp3) is 0.909. The highest BCUT2D eigenvalue weighted by molar-refractivity contribution is 5.81. The van der Waals surface area contributed by atoms with E-state index in [9.17, 15) is 13.6 Å². The van der Waals surface area contributed by atoms with E-state index in [4.69, 9.17) is 10.5 Å². The summed E-state index contributed by atoms with van der Waals surface area (Å²) in [7, 11) is 1.58. The molecule has 0 aliphatic heterocycles. The van der Waals surface area contributed by atoms with Crippen molar-refractivity contribution in [1.29, 1.82) is 0 Å². The Kier molecular flexibility index (Phi) is 9.72. The van der Waals surface area contributed by atoms with Crippen LogP contribution in [-0.2, 0) is 9.53 Å². The number of nitrogens with zero attached hydrogens (tertiary/aromatic N) is 1. The summed E-state index contributed by atoms with van der Waals surface area (Å²) < 4.78 is 29.6. The smallest absolute Gasteiger partial charge is 0.251 e. The van der Waals surface area contributed by atoms with Crippen LogP contribution < -0.4 is 11.1 Å². The first-order chi connectivity index (χ1) is 8.52. The Hall–Kier alpha value is -0.790. The van der Waals surface area contributed by atoms with Crippen LogP contribution in [0.15, 0.2) is 0 Å². The number of rotatable bonds is 10. The molecule has 3 N–H and O–H groups in total. The maximum atomic E-state index is 12.4. The number of alkyl halides is 2. The van der Waals surface area contributed by atoms with Gasteiger partial charge in [0.25, 0.3) is 6.43 Å². The van der Waals surface area contributed by atoms with Crippen LogP contribution in [-0.4, -0.2) is 63.2 Å². The van der Waals surface area contributed by atoms with E-state index in [0.717, 1.165) is 0 Å². The highest BCUT2D eigenvalue weighted by Gasteiger charge is 2.23. The minimum atomic E-state index is -2.47. The van der Waals surface area contributed by atoms with Crippen molar-refractivity contribution in [2.45, 2.75) is 25.8 Å². The Labute approximate surface area is 107 Å². The second-order valence-corrected chi connectivity index (χ2v) is 3.99. The van der Waals surface area contributed by atoms with Crippen molar-refractivity contribution in [3.05, 3.63) is 0 Å². The molecule has 0 radical (unpaired) electrons. The second-order valence-electron chi connectivity index (χ2n) is 3.99. The van der Waals surface area contributed by atoms with Crippen LogP contribution in [0.3, 0.4) is 0 Å². The van der Waals surface area contributed by atoms with E-state index in [2.05, 4.69) is 5.32 Å². The Morgan fingerprint density at radius 1 is 1.50 bits per heavy atom. The van der Waals surface area contributed by atoms with Gasteiger partial charge in [-0.2, -0.15) is 0 Å². The molecule has 0 aromatic rings. The topological polar surface area (TPSA) is 67.6 Å². The number of methoxy groups -OCH3 is 1. The first-order valence-electron chi connectivity index (χ1n) is 6.01. The number of carbonyl (C=O) groups excluding carboxylic acids is 1. The zero-order valence-electron chi connectivity index (χ0n) is 11.0. The monoisotopic (exact) mass is 267 g/mol. The van der Waals surface area contributed by atoms with Crippen LogP contribution in [0.4, 0.5) is 8.78 Å². The maximum absolute atomic E-state index is 12.4. The van der Waals surface area contributed by atoms with Crippen LogP contribution in [0.25, 0.3) is 0 Å². The lowest BCUT2D eigenvalue weighted by Crippen LogP contribution is -2.48. The van der Waals surface area contributed by atoms with Gasteiger partial charge in [-0.1, -0.05) is 0 Å². The van der Waals surface area contributed by atoms with Crippen LogP contribution >= 0.6 is 0 Å². The highest BCUT2D eigenvalue weighted by atomic mass is 19.3. The van der Waals surface area contributed by atoms with Gasteiger partial charge < -0.3 is 15.8 Å². The zero-order chi connectivity index (χ0) is 14.0. The van der Waals surface area contributed by atoms with Crippen molar-refractivity contribution in [1.82, 2.24) is 10.2 Å². The third-order valence-electron chi connectivity index (χ3n) is 2.54. The number of amides is 1. The van der Waals surface area contributed by atoms with Crippen molar-refractivity contribution in [3.63, 3.8) is 0 Å².